The summed E-state index contributed by atoms with van der Waals surface area (Å²) in [7, 11) is 0. The Morgan fingerprint density at radius 1 is 0.968 bits per heavy atom. The molecule has 3 atom stereocenters. The number of benzene rings is 2. The first-order valence-electron chi connectivity index (χ1n) is 10.3. The van der Waals surface area contributed by atoms with Gasteiger partial charge in [0.1, 0.15) is 23.6 Å². The number of aliphatic imine (C=N–C) groups is 1. The molecular weight excluding hydrogens is 392 g/mol. The molecule has 0 aromatic heterocycles. The molecule has 31 heavy (non-hydrogen) atoms. The zero-order chi connectivity index (χ0) is 22.1. The van der Waals surface area contributed by atoms with Crippen molar-refractivity contribution in [2.24, 2.45) is 21.6 Å². The van der Waals surface area contributed by atoms with Crippen LogP contribution in [0.15, 0.2) is 59.6 Å². The predicted octanol–water partition coefficient (Wildman–Crippen LogP) is 3.48. The van der Waals surface area contributed by atoms with Gasteiger partial charge in [-0.25, -0.2) is 4.99 Å². The smallest absolute Gasteiger partial charge is 0.293 e. The van der Waals surface area contributed by atoms with Gasteiger partial charge < -0.3 is 19.9 Å². The van der Waals surface area contributed by atoms with E-state index in [-0.39, 0.29) is 19.0 Å². The molecule has 0 amide bonds. The molecule has 7 heteroatoms. The normalized spacial score (nSPS) is 27.5. The standard InChI is InChI=1S/C24H24N4O3/c1-3-30-24(31-4-2)23(16-26)20(22(23,15-25)21(27)28-24)18-10-12-19(13-11-18)29-14-17-8-6-5-7-9-17/h5-13,20H,3-4,14H2,1-2H3,(H2,27,28)/t20-,22-,23-/m1/s1. The number of fused-ring (bicyclic) bond motifs is 1. The van der Waals surface area contributed by atoms with Crippen LogP contribution in [0.25, 0.3) is 0 Å². The molecule has 7 nitrogen and oxygen atoms in total. The molecular formula is C24H24N4O3. The second-order valence-electron chi connectivity index (χ2n) is 7.56. The molecule has 1 fully saturated rings. The van der Waals surface area contributed by atoms with Gasteiger partial charge in [-0.05, 0) is 37.1 Å². The van der Waals surface area contributed by atoms with E-state index in [1.165, 1.54) is 0 Å². The number of ether oxygens (including phenoxy) is 3. The Kier molecular flexibility index (Phi) is 5.18. The lowest BCUT2D eigenvalue weighted by Gasteiger charge is -2.31. The van der Waals surface area contributed by atoms with E-state index < -0.39 is 22.7 Å². The van der Waals surface area contributed by atoms with Crippen LogP contribution in [0.4, 0.5) is 0 Å². The van der Waals surface area contributed by atoms with Crippen molar-refractivity contribution in [1.29, 1.82) is 10.5 Å². The maximum atomic E-state index is 10.3. The lowest BCUT2D eigenvalue weighted by Crippen LogP contribution is -2.43. The number of rotatable bonds is 8. The molecule has 1 aliphatic heterocycles. The van der Waals surface area contributed by atoms with E-state index in [1.807, 2.05) is 54.6 Å². The molecule has 4 rings (SSSR count). The second-order valence-corrected chi connectivity index (χ2v) is 7.56. The molecule has 0 saturated heterocycles. The van der Waals surface area contributed by atoms with Crippen LogP contribution in [0, 0.1) is 33.5 Å². The third kappa shape index (κ3) is 2.75. The summed E-state index contributed by atoms with van der Waals surface area (Å²) in [4.78, 5) is 4.35. The van der Waals surface area contributed by atoms with Crippen molar-refractivity contribution < 1.29 is 14.2 Å². The highest BCUT2D eigenvalue weighted by atomic mass is 16.7. The second kappa shape index (κ2) is 7.70. The Morgan fingerprint density at radius 2 is 1.61 bits per heavy atom. The molecule has 2 aromatic rings. The number of nitrogens with zero attached hydrogens (tertiary/aromatic N) is 3. The van der Waals surface area contributed by atoms with E-state index in [9.17, 15) is 10.5 Å². The van der Waals surface area contributed by atoms with Crippen LogP contribution in [-0.2, 0) is 16.1 Å². The zero-order valence-corrected chi connectivity index (χ0v) is 17.5. The van der Waals surface area contributed by atoms with Gasteiger partial charge in [0.2, 0.25) is 0 Å². The minimum Gasteiger partial charge on any atom is -0.489 e. The van der Waals surface area contributed by atoms with Gasteiger partial charge in [-0.1, -0.05) is 42.5 Å². The summed E-state index contributed by atoms with van der Waals surface area (Å²) >= 11 is 0. The first-order chi connectivity index (χ1) is 15.0. The highest BCUT2D eigenvalue weighted by Crippen LogP contribution is 2.82. The summed E-state index contributed by atoms with van der Waals surface area (Å²) in [5, 5.41) is 20.4. The van der Waals surface area contributed by atoms with Gasteiger partial charge in [0.25, 0.3) is 5.91 Å². The topological polar surface area (TPSA) is 114 Å². The predicted molar refractivity (Wildman–Crippen MR) is 114 cm³/mol. The van der Waals surface area contributed by atoms with Crippen molar-refractivity contribution in [3.63, 3.8) is 0 Å². The van der Waals surface area contributed by atoms with Gasteiger partial charge in [0, 0.05) is 19.1 Å². The Labute approximate surface area is 181 Å². The summed E-state index contributed by atoms with van der Waals surface area (Å²) in [6, 6.07) is 21.8. The van der Waals surface area contributed by atoms with Crippen LogP contribution < -0.4 is 10.5 Å². The Hall–Kier alpha value is -3.39. The molecule has 1 aliphatic carbocycles. The minimum absolute atomic E-state index is 0.0767. The van der Waals surface area contributed by atoms with E-state index in [2.05, 4.69) is 17.1 Å². The Morgan fingerprint density at radius 3 is 2.16 bits per heavy atom. The molecule has 1 heterocycles. The maximum absolute atomic E-state index is 10.3. The third-order valence-corrected chi connectivity index (χ3v) is 6.07. The maximum Gasteiger partial charge on any atom is 0.293 e. The number of nitrogens with two attached hydrogens (primary N) is 1. The van der Waals surface area contributed by atoms with Gasteiger partial charge in [-0.15, -0.1) is 0 Å². The fourth-order valence-corrected chi connectivity index (χ4v) is 4.75. The Bertz CT molecular complexity index is 1060. The molecule has 0 unspecified atom stereocenters. The summed E-state index contributed by atoms with van der Waals surface area (Å²) in [6.07, 6.45) is 0. The van der Waals surface area contributed by atoms with E-state index in [0.717, 1.165) is 11.1 Å². The van der Waals surface area contributed by atoms with Crippen LogP contribution >= 0.6 is 0 Å². The largest absolute Gasteiger partial charge is 0.489 e. The van der Waals surface area contributed by atoms with Gasteiger partial charge >= 0.3 is 0 Å². The number of hydrogen-bond donors (Lipinski definition) is 1. The number of nitriles is 2. The van der Waals surface area contributed by atoms with Gasteiger partial charge in [0.05, 0.1) is 12.1 Å². The Balaban J connectivity index is 1.64. The van der Waals surface area contributed by atoms with Crippen LogP contribution in [0.2, 0.25) is 0 Å². The fraction of sp³-hybridized carbons (Fsp3) is 0.375. The van der Waals surface area contributed by atoms with E-state index in [1.54, 1.807) is 13.8 Å². The third-order valence-electron chi connectivity index (χ3n) is 6.07. The van der Waals surface area contributed by atoms with E-state index >= 15 is 0 Å². The summed E-state index contributed by atoms with van der Waals surface area (Å²) in [6.45, 7) is 4.56. The molecule has 158 valence electrons. The van der Waals surface area contributed by atoms with Crippen molar-refractivity contribution in [2.45, 2.75) is 32.3 Å². The van der Waals surface area contributed by atoms with E-state index in [0.29, 0.717) is 12.4 Å². The van der Waals surface area contributed by atoms with Crippen molar-refractivity contribution >= 4 is 5.84 Å². The van der Waals surface area contributed by atoms with Crippen molar-refractivity contribution in [2.75, 3.05) is 13.2 Å². The molecule has 2 N–H and O–H groups in total. The molecule has 0 radical (unpaired) electrons. The van der Waals surface area contributed by atoms with Gasteiger partial charge in [0.15, 0.2) is 5.41 Å². The summed E-state index contributed by atoms with van der Waals surface area (Å²) in [5.74, 6) is -1.35. The minimum atomic E-state index is -1.60. The average Bonchev–Trinajstić information content (AvgIpc) is 3.38. The number of amidine groups is 1. The van der Waals surface area contributed by atoms with Crippen LogP contribution in [0.1, 0.15) is 30.9 Å². The van der Waals surface area contributed by atoms with Crippen molar-refractivity contribution in [3.8, 4) is 17.9 Å². The molecule has 0 bridgehead atoms. The first-order valence-corrected chi connectivity index (χ1v) is 10.3. The first kappa shape index (κ1) is 20.9. The lowest BCUT2D eigenvalue weighted by atomic mass is 9.93. The lowest BCUT2D eigenvalue weighted by molar-refractivity contribution is -0.255. The zero-order valence-electron chi connectivity index (χ0n) is 17.5. The molecule has 1 saturated carbocycles. The highest BCUT2D eigenvalue weighted by Gasteiger charge is 2.93. The number of hydrogen-bond acceptors (Lipinski definition) is 7. The van der Waals surface area contributed by atoms with Gasteiger partial charge in [-0.3, -0.25) is 0 Å². The summed E-state index contributed by atoms with van der Waals surface area (Å²) < 4.78 is 17.6. The van der Waals surface area contributed by atoms with Crippen molar-refractivity contribution in [3.05, 3.63) is 65.7 Å². The van der Waals surface area contributed by atoms with E-state index in [4.69, 9.17) is 19.9 Å². The van der Waals surface area contributed by atoms with Crippen LogP contribution in [0.3, 0.4) is 0 Å². The van der Waals surface area contributed by atoms with Crippen molar-refractivity contribution in [1.82, 2.24) is 0 Å². The highest BCUT2D eigenvalue weighted by molar-refractivity contribution is 6.00. The molecule has 0 spiro atoms. The average molecular weight is 416 g/mol. The summed E-state index contributed by atoms with van der Waals surface area (Å²) in [5.41, 5.74) is 5.44. The molecule has 2 aromatic carbocycles. The monoisotopic (exact) mass is 416 g/mol. The van der Waals surface area contributed by atoms with Gasteiger partial charge in [-0.2, -0.15) is 10.5 Å². The molecule has 2 aliphatic rings. The fourth-order valence-electron chi connectivity index (χ4n) is 4.75. The van der Waals surface area contributed by atoms with Crippen LogP contribution in [0.5, 0.6) is 5.75 Å². The van der Waals surface area contributed by atoms with Crippen LogP contribution in [-0.4, -0.2) is 25.0 Å². The quantitative estimate of drug-likeness (QED) is 0.659. The SMILES string of the molecule is CCOC1(OCC)N=C(N)[C@@]2(C#N)[C@@H](c3ccc(OCc4ccccc4)cc3)[C@@]12C#N.